The van der Waals surface area contributed by atoms with Gasteiger partial charge in [0.2, 0.25) is 0 Å². The summed E-state index contributed by atoms with van der Waals surface area (Å²) in [6, 6.07) is 2.98. The number of hydrogen-bond acceptors (Lipinski definition) is 2. The van der Waals surface area contributed by atoms with Gasteiger partial charge in [-0.15, -0.1) is 0 Å². The molecule has 1 unspecified atom stereocenters. The molecule has 1 heterocycles. The van der Waals surface area contributed by atoms with Crippen LogP contribution in [0.3, 0.4) is 0 Å². The van der Waals surface area contributed by atoms with Crippen molar-refractivity contribution in [3.8, 4) is 0 Å². The summed E-state index contributed by atoms with van der Waals surface area (Å²) in [5, 5.41) is 0. The maximum Gasteiger partial charge on any atom is 0.186 e. The number of hydrogen-bond donors (Lipinski definition) is 1. The predicted molar refractivity (Wildman–Crippen MR) is 41.0 cm³/mol. The van der Waals surface area contributed by atoms with Crippen LogP contribution >= 0.6 is 15.9 Å². The molecule has 0 bridgehead atoms. The van der Waals surface area contributed by atoms with Crippen LogP contribution in [0.25, 0.3) is 0 Å². The Kier molecular flexibility index (Phi) is 2.53. The number of halogens is 1. The van der Waals surface area contributed by atoms with Crippen LogP contribution in [0.15, 0.2) is 27.8 Å². The summed E-state index contributed by atoms with van der Waals surface area (Å²) < 4.78 is 19.5. The molecule has 54 valence electrons. The molecule has 0 aliphatic rings. The van der Waals surface area contributed by atoms with Crippen LogP contribution in [0.4, 0.5) is 0 Å². The summed E-state index contributed by atoms with van der Waals surface area (Å²) in [5.74, 6) is 0. The minimum atomic E-state index is -1.91. The number of aromatic nitrogens is 1. The van der Waals surface area contributed by atoms with E-state index >= 15 is 0 Å². The maximum absolute atomic E-state index is 10.4. The first-order chi connectivity index (χ1) is 4.70. The molecule has 0 fully saturated rings. The molecule has 0 spiro atoms. The van der Waals surface area contributed by atoms with E-state index in [0.717, 1.165) is 0 Å². The van der Waals surface area contributed by atoms with Gasteiger partial charge in [0, 0.05) is 6.20 Å². The fourth-order valence-electron chi connectivity index (χ4n) is 0.493. The van der Waals surface area contributed by atoms with Gasteiger partial charge < -0.3 is 4.55 Å². The highest BCUT2D eigenvalue weighted by Crippen LogP contribution is 2.09. The zero-order chi connectivity index (χ0) is 7.56. The Bertz CT molecular complexity index is 266. The minimum absolute atomic E-state index is 0.349. The molecule has 1 aromatic heterocycles. The third kappa shape index (κ3) is 1.86. The van der Waals surface area contributed by atoms with E-state index in [1.165, 1.54) is 18.3 Å². The average Bonchev–Trinajstić information content (AvgIpc) is 1.88. The standard InChI is InChI=1S/C5H4BrNO2S/c6-5-3-4(10(8)9)1-2-7-5/h1-3H,(H,8,9). The van der Waals surface area contributed by atoms with Crippen LogP contribution in [0.1, 0.15) is 0 Å². The van der Waals surface area contributed by atoms with Crippen molar-refractivity contribution in [1.29, 1.82) is 0 Å². The Balaban J connectivity index is 3.07. The van der Waals surface area contributed by atoms with Crippen molar-refractivity contribution >= 4 is 27.0 Å². The Morgan fingerprint density at radius 2 is 2.40 bits per heavy atom. The van der Waals surface area contributed by atoms with Crippen molar-refractivity contribution in [2.24, 2.45) is 0 Å². The smallest absolute Gasteiger partial charge is 0.186 e. The topological polar surface area (TPSA) is 50.2 Å². The summed E-state index contributed by atoms with van der Waals surface area (Å²) >= 11 is 1.16. The Morgan fingerprint density at radius 1 is 1.70 bits per heavy atom. The van der Waals surface area contributed by atoms with Crippen molar-refractivity contribution in [2.45, 2.75) is 4.90 Å². The Labute approximate surface area is 68.9 Å². The molecule has 0 aliphatic heterocycles. The van der Waals surface area contributed by atoms with Crippen molar-refractivity contribution < 1.29 is 8.76 Å². The highest BCUT2D eigenvalue weighted by Gasteiger charge is 1.98. The summed E-state index contributed by atoms with van der Waals surface area (Å²) in [4.78, 5) is 4.14. The second kappa shape index (κ2) is 3.23. The van der Waals surface area contributed by atoms with Gasteiger partial charge in [-0.1, -0.05) is 0 Å². The molecule has 1 atom stereocenters. The van der Waals surface area contributed by atoms with E-state index in [1.807, 2.05) is 0 Å². The Hall–Kier alpha value is -0.260. The highest BCUT2D eigenvalue weighted by atomic mass is 79.9. The molecule has 0 saturated carbocycles. The van der Waals surface area contributed by atoms with Gasteiger partial charge in [-0.25, -0.2) is 9.19 Å². The largest absolute Gasteiger partial charge is 0.302 e. The van der Waals surface area contributed by atoms with Gasteiger partial charge in [-0.05, 0) is 28.1 Å². The van der Waals surface area contributed by atoms with Gasteiger partial charge in [0.15, 0.2) is 11.1 Å². The molecule has 3 nitrogen and oxygen atoms in total. The summed E-state index contributed by atoms with van der Waals surface area (Å²) in [7, 11) is 0. The van der Waals surface area contributed by atoms with Crippen LogP contribution in [0.2, 0.25) is 0 Å². The lowest BCUT2D eigenvalue weighted by atomic mass is 10.5. The molecule has 0 aliphatic carbocycles. The minimum Gasteiger partial charge on any atom is -0.302 e. The lowest BCUT2D eigenvalue weighted by Gasteiger charge is -1.92. The van der Waals surface area contributed by atoms with Gasteiger partial charge in [0.25, 0.3) is 0 Å². The van der Waals surface area contributed by atoms with E-state index in [1.54, 1.807) is 0 Å². The average molecular weight is 222 g/mol. The summed E-state index contributed by atoms with van der Waals surface area (Å²) in [6.45, 7) is 0. The molecule has 0 radical (unpaired) electrons. The first kappa shape index (κ1) is 7.84. The first-order valence-electron chi connectivity index (χ1n) is 2.42. The lowest BCUT2D eigenvalue weighted by Crippen LogP contribution is -1.87. The van der Waals surface area contributed by atoms with Crippen LogP contribution in [-0.4, -0.2) is 13.7 Å². The van der Waals surface area contributed by atoms with Crippen LogP contribution in [0.5, 0.6) is 0 Å². The molecule has 0 amide bonds. The molecule has 1 N–H and O–H groups in total. The van der Waals surface area contributed by atoms with E-state index in [9.17, 15) is 4.21 Å². The van der Waals surface area contributed by atoms with Crippen LogP contribution in [0, 0.1) is 0 Å². The number of rotatable bonds is 1. The fraction of sp³-hybridized carbons (Fsp3) is 0. The monoisotopic (exact) mass is 221 g/mol. The zero-order valence-electron chi connectivity index (χ0n) is 4.82. The first-order valence-corrected chi connectivity index (χ1v) is 4.32. The van der Waals surface area contributed by atoms with Crippen molar-refractivity contribution in [2.75, 3.05) is 0 Å². The molecule has 1 rings (SSSR count). The number of pyridine rings is 1. The lowest BCUT2D eigenvalue weighted by molar-refractivity contribution is 0.564. The normalized spacial score (nSPS) is 13.0. The second-order valence-corrected chi connectivity index (χ2v) is 3.35. The fourth-order valence-corrected chi connectivity index (χ4v) is 1.40. The molecule has 0 saturated heterocycles. The zero-order valence-corrected chi connectivity index (χ0v) is 7.22. The molecule has 10 heavy (non-hydrogen) atoms. The molecular weight excluding hydrogens is 218 g/mol. The third-order valence-electron chi connectivity index (χ3n) is 0.900. The number of nitrogens with zero attached hydrogens (tertiary/aromatic N) is 1. The van der Waals surface area contributed by atoms with E-state index in [2.05, 4.69) is 20.9 Å². The van der Waals surface area contributed by atoms with E-state index < -0.39 is 11.1 Å². The molecular formula is C5H4BrNO2S. The van der Waals surface area contributed by atoms with E-state index in [4.69, 9.17) is 4.55 Å². The molecule has 0 aromatic carbocycles. The maximum atomic E-state index is 10.4. The van der Waals surface area contributed by atoms with Crippen LogP contribution < -0.4 is 0 Å². The third-order valence-corrected chi connectivity index (χ3v) is 1.99. The SMILES string of the molecule is O=S(O)c1ccnc(Br)c1. The summed E-state index contributed by atoms with van der Waals surface area (Å²) in [5.41, 5.74) is 0. The highest BCUT2D eigenvalue weighted by molar-refractivity contribution is 9.10. The van der Waals surface area contributed by atoms with Crippen molar-refractivity contribution in [3.05, 3.63) is 22.9 Å². The van der Waals surface area contributed by atoms with Gasteiger partial charge in [0.1, 0.15) is 4.60 Å². The predicted octanol–water partition coefficient (Wildman–Crippen LogP) is 1.42. The molecule has 1 aromatic rings. The van der Waals surface area contributed by atoms with Crippen molar-refractivity contribution in [3.63, 3.8) is 0 Å². The quantitative estimate of drug-likeness (QED) is 0.577. The van der Waals surface area contributed by atoms with Gasteiger partial charge in [0.05, 0.1) is 4.90 Å². The second-order valence-electron chi connectivity index (χ2n) is 1.56. The van der Waals surface area contributed by atoms with Gasteiger partial charge in [-0.2, -0.15) is 0 Å². The van der Waals surface area contributed by atoms with Crippen molar-refractivity contribution in [1.82, 2.24) is 4.98 Å². The van der Waals surface area contributed by atoms with E-state index in [-0.39, 0.29) is 0 Å². The molecule has 5 heteroatoms. The van der Waals surface area contributed by atoms with Crippen LogP contribution in [-0.2, 0) is 11.1 Å². The Morgan fingerprint density at radius 3 is 2.80 bits per heavy atom. The van der Waals surface area contributed by atoms with Gasteiger partial charge in [-0.3, -0.25) is 0 Å². The van der Waals surface area contributed by atoms with Gasteiger partial charge >= 0.3 is 0 Å². The summed E-state index contributed by atoms with van der Waals surface area (Å²) in [6.07, 6.45) is 1.47. The van der Waals surface area contributed by atoms with E-state index in [0.29, 0.717) is 9.50 Å².